The average molecular weight is 428 g/mol. The van der Waals surface area contributed by atoms with Crippen molar-refractivity contribution < 1.29 is 19.1 Å². The van der Waals surface area contributed by atoms with Crippen molar-refractivity contribution in [3.05, 3.63) is 89.5 Å². The fraction of sp³-hybridized carbons (Fsp3) is 0.231. The molecule has 0 saturated carbocycles. The number of ether oxygens (including phenoxy) is 2. The van der Waals surface area contributed by atoms with Crippen molar-refractivity contribution >= 4 is 17.4 Å². The molecule has 2 heterocycles. The Morgan fingerprint density at radius 3 is 2.09 bits per heavy atom. The third kappa shape index (κ3) is 3.91. The zero-order valence-electron chi connectivity index (χ0n) is 17.7. The first kappa shape index (κ1) is 20.1. The van der Waals surface area contributed by atoms with E-state index in [-0.39, 0.29) is 11.7 Å². The van der Waals surface area contributed by atoms with Crippen molar-refractivity contribution in [2.75, 3.05) is 44.3 Å². The number of carbonyl (C=O) groups excluding carboxylic acids is 2. The van der Waals surface area contributed by atoms with Gasteiger partial charge in [-0.25, -0.2) is 0 Å². The van der Waals surface area contributed by atoms with Gasteiger partial charge in [0, 0.05) is 43.0 Å². The minimum absolute atomic E-state index is 0.112. The van der Waals surface area contributed by atoms with Crippen LogP contribution < -0.4 is 14.4 Å². The predicted molar refractivity (Wildman–Crippen MR) is 122 cm³/mol. The number of amides is 1. The Bertz CT molecular complexity index is 1140. The van der Waals surface area contributed by atoms with E-state index < -0.39 is 0 Å². The van der Waals surface area contributed by atoms with Crippen molar-refractivity contribution in [1.29, 1.82) is 0 Å². The monoisotopic (exact) mass is 428 g/mol. The molecule has 1 saturated heterocycles. The van der Waals surface area contributed by atoms with Crippen LogP contribution in [0.2, 0.25) is 0 Å². The molecular formula is C26H24N2O4. The molecule has 0 atom stereocenters. The van der Waals surface area contributed by atoms with Gasteiger partial charge in [0.1, 0.15) is 13.2 Å². The van der Waals surface area contributed by atoms with Gasteiger partial charge < -0.3 is 19.3 Å². The van der Waals surface area contributed by atoms with Crippen LogP contribution in [0.3, 0.4) is 0 Å². The van der Waals surface area contributed by atoms with Crippen LogP contribution in [-0.4, -0.2) is 56.0 Å². The lowest BCUT2D eigenvalue weighted by molar-refractivity contribution is 0.0742. The largest absolute Gasteiger partial charge is 0.486 e. The van der Waals surface area contributed by atoms with Gasteiger partial charge in [0.2, 0.25) is 0 Å². The number of nitrogens with zero attached hydrogens (tertiary/aromatic N) is 2. The Hall–Kier alpha value is -3.80. The highest BCUT2D eigenvalue weighted by Gasteiger charge is 2.26. The Labute approximate surface area is 187 Å². The Morgan fingerprint density at radius 2 is 1.34 bits per heavy atom. The van der Waals surface area contributed by atoms with Crippen LogP contribution in [0.5, 0.6) is 11.5 Å². The number of fused-ring (bicyclic) bond motifs is 1. The maximum atomic E-state index is 13.3. The van der Waals surface area contributed by atoms with Crippen LogP contribution >= 0.6 is 0 Å². The molecule has 6 nitrogen and oxygen atoms in total. The molecule has 1 fully saturated rings. The molecule has 2 aliphatic heterocycles. The van der Waals surface area contributed by atoms with Gasteiger partial charge in [-0.15, -0.1) is 0 Å². The highest BCUT2D eigenvalue weighted by Crippen LogP contribution is 2.32. The van der Waals surface area contributed by atoms with Crippen molar-refractivity contribution in [2.45, 2.75) is 0 Å². The maximum absolute atomic E-state index is 13.3. The number of benzene rings is 3. The van der Waals surface area contributed by atoms with Crippen molar-refractivity contribution in [3.63, 3.8) is 0 Å². The lowest BCUT2D eigenvalue weighted by atomic mass is 9.97. The molecule has 2 aliphatic rings. The summed E-state index contributed by atoms with van der Waals surface area (Å²) in [6.45, 7) is 3.69. The van der Waals surface area contributed by atoms with Crippen LogP contribution in [0.1, 0.15) is 26.3 Å². The van der Waals surface area contributed by atoms with Crippen molar-refractivity contribution in [1.82, 2.24) is 4.90 Å². The molecule has 3 aromatic carbocycles. The zero-order chi connectivity index (χ0) is 21.9. The molecule has 0 aromatic heterocycles. The lowest BCUT2D eigenvalue weighted by Crippen LogP contribution is -2.49. The van der Waals surface area contributed by atoms with Gasteiger partial charge in [-0.1, -0.05) is 36.4 Å². The molecule has 6 heteroatoms. The number of anilines is 1. The van der Waals surface area contributed by atoms with Crippen LogP contribution in [0.15, 0.2) is 72.8 Å². The SMILES string of the molecule is O=C(c1ccc2c(c1)OCCO2)c1ccccc1C(=O)N1CCN(c2ccccc2)CC1. The molecule has 32 heavy (non-hydrogen) atoms. The fourth-order valence-corrected chi connectivity index (χ4v) is 4.18. The van der Waals surface area contributed by atoms with Crippen LogP contribution in [-0.2, 0) is 0 Å². The molecular weight excluding hydrogens is 404 g/mol. The zero-order valence-corrected chi connectivity index (χ0v) is 17.7. The first-order chi connectivity index (χ1) is 15.7. The first-order valence-electron chi connectivity index (χ1n) is 10.8. The summed E-state index contributed by atoms with van der Waals surface area (Å²) in [4.78, 5) is 30.7. The summed E-state index contributed by atoms with van der Waals surface area (Å²) < 4.78 is 11.2. The van der Waals surface area contributed by atoms with E-state index in [2.05, 4.69) is 17.0 Å². The number of ketones is 1. The summed E-state index contributed by atoms with van der Waals surface area (Å²) in [6, 6.07) is 22.4. The normalized spacial score (nSPS) is 15.4. The molecule has 0 bridgehead atoms. The number of piperazine rings is 1. The Balaban J connectivity index is 1.34. The highest BCUT2D eigenvalue weighted by atomic mass is 16.6. The smallest absolute Gasteiger partial charge is 0.254 e. The first-order valence-corrected chi connectivity index (χ1v) is 10.8. The van der Waals surface area contributed by atoms with E-state index in [4.69, 9.17) is 9.47 Å². The summed E-state index contributed by atoms with van der Waals surface area (Å²) in [6.07, 6.45) is 0. The van der Waals surface area contributed by atoms with Gasteiger partial charge in [0.15, 0.2) is 17.3 Å². The quantitative estimate of drug-likeness (QED) is 0.594. The van der Waals surface area contributed by atoms with Gasteiger partial charge in [0.25, 0.3) is 5.91 Å². The predicted octanol–water partition coefficient (Wildman–Crippen LogP) is 3.65. The van der Waals surface area contributed by atoms with Crippen LogP contribution in [0, 0.1) is 0 Å². The molecule has 5 rings (SSSR count). The summed E-state index contributed by atoms with van der Waals surface area (Å²) in [5.74, 6) is 0.879. The standard InChI is InChI=1S/C26H24N2O4/c29-25(19-10-11-23-24(18-19)32-17-16-31-23)21-8-4-5-9-22(21)26(30)28-14-12-27(13-15-28)20-6-2-1-3-7-20/h1-11,18H,12-17H2. The van der Waals surface area contributed by atoms with Gasteiger partial charge in [-0.05, 0) is 36.4 Å². The third-order valence-corrected chi connectivity index (χ3v) is 5.89. The van der Waals surface area contributed by atoms with E-state index >= 15 is 0 Å². The number of rotatable bonds is 4. The van der Waals surface area contributed by atoms with Crippen LogP contribution in [0.4, 0.5) is 5.69 Å². The molecule has 0 unspecified atom stereocenters. The summed E-state index contributed by atoms with van der Waals surface area (Å²) in [5.41, 5.74) is 2.47. The van der Waals surface area contributed by atoms with Gasteiger partial charge >= 0.3 is 0 Å². The minimum atomic E-state index is -0.200. The molecule has 0 spiro atoms. The van der Waals surface area contributed by atoms with Crippen LogP contribution in [0.25, 0.3) is 0 Å². The summed E-state index contributed by atoms with van der Waals surface area (Å²) >= 11 is 0. The third-order valence-electron chi connectivity index (χ3n) is 5.89. The van der Waals surface area contributed by atoms with E-state index in [9.17, 15) is 9.59 Å². The molecule has 0 radical (unpaired) electrons. The number of carbonyl (C=O) groups is 2. The number of hydrogen-bond acceptors (Lipinski definition) is 5. The molecule has 162 valence electrons. The Kier molecular flexibility index (Phi) is 5.50. The minimum Gasteiger partial charge on any atom is -0.486 e. The molecule has 1 amide bonds. The Morgan fingerprint density at radius 1 is 0.688 bits per heavy atom. The second kappa shape index (κ2) is 8.75. The average Bonchev–Trinajstić information content (AvgIpc) is 2.88. The number of para-hydroxylation sites is 1. The van der Waals surface area contributed by atoms with E-state index in [1.165, 1.54) is 0 Å². The van der Waals surface area contributed by atoms with Gasteiger partial charge in [-0.2, -0.15) is 0 Å². The van der Waals surface area contributed by atoms with E-state index in [1.54, 1.807) is 42.5 Å². The van der Waals surface area contributed by atoms with E-state index in [0.29, 0.717) is 54.5 Å². The number of hydrogen-bond donors (Lipinski definition) is 0. The second-order valence-electron chi connectivity index (χ2n) is 7.85. The van der Waals surface area contributed by atoms with Crippen molar-refractivity contribution in [2.24, 2.45) is 0 Å². The van der Waals surface area contributed by atoms with E-state index in [0.717, 1.165) is 18.8 Å². The summed E-state index contributed by atoms with van der Waals surface area (Å²) in [7, 11) is 0. The van der Waals surface area contributed by atoms with Gasteiger partial charge in [-0.3, -0.25) is 9.59 Å². The summed E-state index contributed by atoms with van der Waals surface area (Å²) in [5, 5.41) is 0. The topological polar surface area (TPSA) is 59.1 Å². The van der Waals surface area contributed by atoms with E-state index in [1.807, 2.05) is 23.1 Å². The highest BCUT2D eigenvalue weighted by molar-refractivity contribution is 6.15. The lowest BCUT2D eigenvalue weighted by Gasteiger charge is -2.36. The fourth-order valence-electron chi connectivity index (χ4n) is 4.18. The van der Waals surface area contributed by atoms with Gasteiger partial charge in [0.05, 0.1) is 5.56 Å². The maximum Gasteiger partial charge on any atom is 0.254 e. The molecule has 0 N–H and O–H groups in total. The second-order valence-corrected chi connectivity index (χ2v) is 7.85. The molecule has 0 aliphatic carbocycles. The molecule has 3 aromatic rings. The van der Waals surface area contributed by atoms with Crippen molar-refractivity contribution in [3.8, 4) is 11.5 Å².